The van der Waals surface area contributed by atoms with Crippen molar-refractivity contribution in [3.05, 3.63) is 11.8 Å². The molecule has 1 aliphatic heterocycles. The van der Waals surface area contributed by atoms with E-state index < -0.39 is 0 Å². The van der Waals surface area contributed by atoms with Crippen molar-refractivity contribution < 1.29 is 9.47 Å². The Balaban J connectivity index is 1.56. The molecule has 2 heteroatoms. The Morgan fingerprint density at radius 2 is 2.00 bits per heavy atom. The SMILES string of the molecule is CCC1(CCCOC=C2CCCCC2)COC1. The van der Waals surface area contributed by atoms with Crippen molar-refractivity contribution in [1.82, 2.24) is 0 Å². The van der Waals surface area contributed by atoms with Crippen molar-refractivity contribution in [3.8, 4) is 0 Å². The van der Waals surface area contributed by atoms with Gasteiger partial charge in [-0.05, 0) is 50.5 Å². The summed E-state index contributed by atoms with van der Waals surface area (Å²) in [4.78, 5) is 0. The van der Waals surface area contributed by atoms with Crippen LogP contribution in [0.15, 0.2) is 11.8 Å². The van der Waals surface area contributed by atoms with E-state index in [0.717, 1.165) is 19.8 Å². The third-order valence-corrected chi connectivity index (χ3v) is 4.28. The normalized spacial score (nSPS) is 23.0. The maximum atomic E-state index is 5.68. The van der Waals surface area contributed by atoms with Crippen LogP contribution in [0.5, 0.6) is 0 Å². The van der Waals surface area contributed by atoms with Gasteiger partial charge >= 0.3 is 0 Å². The third-order valence-electron chi connectivity index (χ3n) is 4.28. The fourth-order valence-corrected chi connectivity index (χ4v) is 2.75. The second-order valence-corrected chi connectivity index (χ2v) is 5.66. The van der Waals surface area contributed by atoms with Crippen LogP contribution in [0, 0.1) is 5.41 Å². The van der Waals surface area contributed by atoms with Crippen LogP contribution in [0.25, 0.3) is 0 Å². The van der Waals surface area contributed by atoms with Crippen molar-refractivity contribution >= 4 is 0 Å². The van der Waals surface area contributed by atoms with E-state index in [1.165, 1.54) is 56.9 Å². The summed E-state index contributed by atoms with van der Waals surface area (Å²) in [5, 5.41) is 0. The van der Waals surface area contributed by atoms with E-state index in [0.29, 0.717) is 5.41 Å². The Morgan fingerprint density at radius 3 is 2.59 bits per heavy atom. The van der Waals surface area contributed by atoms with Gasteiger partial charge in [-0.1, -0.05) is 13.3 Å². The Morgan fingerprint density at radius 1 is 1.24 bits per heavy atom. The average Bonchev–Trinajstić information content (AvgIpc) is 2.33. The lowest BCUT2D eigenvalue weighted by Crippen LogP contribution is -2.42. The molecule has 2 aliphatic rings. The van der Waals surface area contributed by atoms with Gasteiger partial charge in [0.2, 0.25) is 0 Å². The molecule has 0 radical (unpaired) electrons. The summed E-state index contributed by atoms with van der Waals surface area (Å²) in [6.45, 7) is 5.08. The molecule has 0 spiro atoms. The van der Waals surface area contributed by atoms with Crippen molar-refractivity contribution in [2.24, 2.45) is 5.41 Å². The molecule has 0 N–H and O–H groups in total. The highest BCUT2D eigenvalue weighted by atomic mass is 16.5. The zero-order valence-corrected chi connectivity index (χ0v) is 11.2. The fourth-order valence-electron chi connectivity index (χ4n) is 2.75. The summed E-state index contributed by atoms with van der Waals surface area (Å²) in [5.74, 6) is 0. The van der Waals surface area contributed by atoms with Gasteiger partial charge in [-0.15, -0.1) is 0 Å². The van der Waals surface area contributed by atoms with E-state index in [2.05, 4.69) is 6.92 Å². The van der Waals surface area contributed by atoms with E-state index in [4.69, 9.17) is 9.47 Å². The molecule has 0 aromatic rings. The first-order chi connectivity index (χ1) is 8.35. The maximum Gasteiger partial charge on any atom is 0.0873 e. The molecule has 0 bridgehead atoms. The molecule has 1 saturated carbocycles. The van der Waals surface area contributed by atoms with Gasteiger partial charge < -0.3 is 9.47 Å². The molecule has 2 rings (SSSR count). The van der Waals surface area contributed by atoms with Gasteiger partial charge in [0.1, 0.15) is 0 Å². The molecule has 2 nitrogen and oxygen atoms in total. The first-order valence-corrected chi connectivity index (χ1v) is 7.22. The minimum Gasteiger partial charge on any atom is -0.501 e. The van der Waals surface area contributed by atoms with Crippen molar-refractivity contribution in [3.63, 3.8) is 0 Å². The van der Waals surface area contributed by atoms with Crippen LogP contribution in [-0.4, -0.2) is 19.8 Å². The summed E-state index contributed by atoms with van der Waals surface area (Å²) in [5.41, 5.74) is 2.01. The summed E-state index contributed by atoms with van der Waals surface area (Å²) >= 11 is 0. The summed E-state index contributed by atoms with van der Waals surface area (Å²) in [6, 6.07) is 0. The second kappa shape index (κ2) is 6.44. The molecule has 1 aliphatic carbocycles. The van der Waals surface area contributed by atoms with E-state index in [1.807, 2.05) is 6.26 Å². The summed E-state index contributed by atoms with van der Waals surface area (Å²) in [6.07, 6.45) is 12.3. The molecule has 1 saturated heterocycles. The quantitative estimate of drug-likeness (QED) is 0.513. The van der Waals surface area contributed by atoms with Crippen molar-refractivity contribution in [2.45, 2.75) is 58.3 Å². The molecule has 0 amide bonds. The Kier molecular flexibility index (Phi) is 4.90. The van der Waals surface area contributed by atoms with Crippen LogP contribution in [0.3, 0.4) is 0 Å². The zero-order chi connectivity index (χ0) is 12.0. The van der Waals surface area contributed by atoms with Gasteiger partial charge in [0.25, 0.3) is 0 Å². The molecule has 1 heterocycles. The van der Waals surface area contributed by atoms with Gasteiger partial charge in [0.05, 0.1) is 26.1 Å². The van der Waals surface area contributed by atoms with Gasteiger partial charge in [0.15, 0.2) is 0 Å². The predicted octanol–water partition coefficient (Wildman–Crippen LogP) is 4.06. The molecule has 0 aromatic carbocycles. The number of ether oxygens (including phenoxy) is 2. The highest BCUT2D eigenvalue weighted by Gasteiger charge is 2.35. The highest BCUT2D eigenvalue weighted by Crippen LogP contribution is 2.35. The topological polar surface area (TPSA) is 18.5 Å². The molecule has 0 unspecified atom stereocenters. The number of hydrogen-bond donors (Lipinski definition) is 0. The van der Waals surface area contributed by atoms with Crippen LogP contribution < -0.4 is 0 Å². The highest BCUT2D eigenvalue weighted by molar-refractivity contribution is 5.00. The first kappa shape index (κ1) is 12.9. The van der Waals surface area contributed by atoms with Crippen molar-refractivity contribution in [1.29, 1.82) is 0 Å². The molecule has 98 valence electrons. The van der Waals surface area contributed by atoms with Crippen LogP contribution >= 0.6 is 0 Å². The molecule has 0 atom stereocenters. The lowest BCUT2D eigenvalue weighted by molar-refractivity contribution is -0.121. The molecular formula is C15H26O2. The fraction of sp³-hybridized carbons (Fsp3) is 0.867. The molecular weight excluding hydrogens is 212 g/mol. The van der Waals surface area contributed by atoms with Gasteiger partial charge in [-0.25, -0.2) is 0 Å². The predicted molar refractivity (Wildman–Crippen MR) is 69.9 cm³/mol. The Labute approximate surface area is 105 Å². The monoisotopic (exact) mass is 238 g/mol. The summed E-state index contributed by atoms with van der Waals surface area (Å²) < 4.78 is 11.0. The van der Waals surface area contributed by atoms with Gasteiger partial charge in [-0.3, -0.25) is 0 Å². The lowest BCUT2D eigenvalue weighted by Gasteiger charge is -2.41. The van der Waals surface area contributed by atoms with Crippen LogP contribution in [-0.2, 0) is 9.47 Å². The van der Waals surface area contributed by atoms with E-state index in [1.54, 1.807) is 0 Å². The second-order valence-electron chi connectivity index (χ2n) is 5.66. The zero-order valence-electron chi connectivity index (χ0n) is 11.2. The van der Waals surface area contributed by atoms with E-state index in [9.17, 15) is 0 Å². The minimum absolute atomic E-state index is 0.487. The maximum absolute atomic E-state index is 5.68. The summed E-state index contributed by atoms with van der Waals surface area (Å²) in [7, 11) is 0. The average molecular weight is 238 g/mol. The van der Waals surface area contributed by atoms with Crippen molar-refractivity contribution in [2.75, 3.05) is 19.8 Å². The van der Waals surface area contributed by atoms with Crippen LogP contribution in [0.2, 0.25) is 0 Å². The van der Waals surface area contributed by atoms with E-state index >= 15 is 0 Å². The van der Waals surface area contributed by atoms with Crippen LogP contribution in [0.4, 0.5) is 0 Å². The molecule has 0 aromatic heterocycles. The first-order valence-electron chi connectivity index (χ1n) is 7.22. The number of allylic oxidation sites excluding steroid dienone is 1. The minimum atomic E-state index is 0.487. The lowest BCUT2D eigenvalue weighted by atomic mass is 9.79. The third kappa shape index (κ3) is 3.74. The van der Waals surface area contributed by atoms with Crippen LogP contribution in [0.1, 0.15) is 58.3 Å². The number of rotatable bonds is 6. The van der Waals surface area contributed by atoms with E-state index in [-0.39, 0.29) is 0 Å². The Hall–Kier alpha value is -0.500. The standard InChI is InChI=1S/C15H26O2/c1-2-15(12-17-13-15)9-6-10-16-11-14-7-4-3-5-8-14/h11H,2-10,12-13H2,1H3. The Bertz CT molecular complexity index is 240. The molecule has 2 fully saturated rings. The van der Waals surface area contributed by atoms with Gasteiger partial charge in [-0.2, -0.15) is 0 Å². The smallest absolute Gasteiger partial charge is 0.0873 e. The molecule has 17 heavy (non-hydrogen) atoms. The number of hydrogen-bond acceptors (Lipinski definition) is 2. The van der Waals surface area contributed by atoms with Gasteiger partial charge in [0, 0.05) is 5.41 Å². The largest absolute Gasteiger partial charge is 0.501 e.